The largest absolute Gasteiger partial charge is 0.496 e. The highest BCUT2D eigenvalue weighted by Gasteiger charge is 2.24. The maximum atomic E-state index is 9.21. The topological polar surface area (TPSA) is 32.7 Å². The van der Waals surface area contributed by atoms with Crippen molar-refractivity contribution in [2.45, 2.75) is 38.3 Å². The molecule has 1 aliphatic carbocycles. The minimum atomic E-state index is 0.332. The van der Waals surface area contributed by atoms with Gasteiger partial charge in [0.2, 0.25) is 0 Å². The molecule has 0 saturated heterocycles. The fourth-order valence-electron chi connectivity index (χ4n) is 3.04. The average Bonchev–Trinajstić information content (AvgIpc) is 2.47. The first-order valence-electron chi connectivity index (χ1n) is 7.27. The quantitative estimate of drug-likeness (QED) is 0.905. The van der Waals surface area contributed by atoms with Gasteiger partial charge in [-0.25, -0.2) is 0 Å². The van der Waals surface area contributed by atoms with E-state index in [0.717, 1.165) is 48.6 Å². The molecular formula is C16H24ClNO2. The van der Waals surface area contributed by atoms with Gasteiger partial charge in [0, 0.05) is 29.8 Å². The normalized spacial score (nSPS) is 23.1. The minimum absolute atomic E-state index is 0.332. The van der Waals surface area contributed by atoms with Crippen LogP contribution in [0.15, 0.2) is 18.2 Å². The van der Waals surface area contributed by atoms with E-state index in [-0.39, 0.29) is 0 Å². The predicted octanol–water partition coefficient (Wildman–Crippen LogP) is 3.33. The SMILES string of the molecule is COc1ccc(Cl)cc1CN(C)C1CCC(CO)CC1. The van der Waals surface area contributed by atoms with Gasteiger partial charge in [-0.05, 0) is 56.8 Å². The van der Waals surface area contributed by atoms with Crippen molar-refractivity contribution in [2.24, 2.45) is 5.92 Å². The Balaban J connectivity index is 1.97. The van der Waals surface area contributed by atoms with Crippen molar-refractivity contribution in [3.05, 3.63) is 28.8 Å². The summed E-state index contributed by atoms with van der Waals surface area (Å²) in [5, 5.41) is 9.95. The molecule has 0 unspecified atom stereocenters. The number of rotatable bonds is 5. The maximum Gasteiger partial charge on any atom is 0.123 e. The fourth-order valence-corrected chi connectivity index (χ4v) is 3.23. The van der Waals surface area contributed by atoms with E-state index in [9.17, 15) is 5.11 Å². The van der Waals surface area contributed by atoms with Crippen LogP contribution in [0.4, 0.5) is 0 Å². The third-order valence-electron chi connectivity index (χ3n) is 4.36. The molecule has 0 heterocycles. The molecule has 0 atom stereocenters. The summed E-state index contributed by atoms with van der Waals surface area (Å²) in [4.78, 5) is 2.38. The van der Waals surface area contributed by atoms with Crippen LogP contribution < -0.4 is 4.74 Å². The number of methoxy groups -OCH3 is 1. The summed E-state index contributed by atoms with van der Waals surface area (Å²) < 4.78 is 5.40. The monoisotopic (exact) mass is 297 g/mol. The maximum absolute atomic E-state index is 9.21. The van der Waals surface area contributed by atoms with Crippen molar-refractivity contribution in [2.75, 3.05) is 20.8 Å². The Kier molecular flexibility index (Phi) is 5.70. The van der Waals surface area contributed by atoms with Crippen LogP contribution in [0.3, 0.4) is 0 Å². The Labute approximate surface area is 126 Å². The molecule has 0 amide bonds. The van der Waals surface area contributed by atoms with Crippen molar-refractivity contribution in [3.8, 4) is 5.75 Å². The third kappa shape index (κ3) is 3.87. The highest BCUT2D eigenvalue weighted by atomic mass is 35.5. The first kappa shape index (κ1) is 15.6. The zero-order valence-electron chi connectivity index (χ0n) is 12.3. The van der Waals surface area contributed by atoms with E-state index >= 15 is 0 Å². The Morgan fingerprint density at radius 3 is 2.60 bits per heavy atom. The second kappa shape index (κ2) is 7.30. The Hall–Kier alpha value is -0.770. The van der Waals surface area contributed by atoms with E-state index in [1.165, 1.54) is 0 Å². The van der Waals surface area contributed by atoms with Crippen molar-refractivity contribution < 1.29 is 9.84 Å². The van der Waals surface area contributed by atoms with Gasteiger partial charge >= 0.3 is 0 Å². The number of hydrogen-bond donors (Lipinski definition) is 1. The van der Waals surface area contributed by atoms with E-state index in [1.54, 1.807) is 7.11 Å². The molecule has 4 heteroatoms. The van der Waals surface area contributed by atoms with Gasteiger partial charge in [0.1, 0.15) is 5.75 Å². The van der Waals surface area contributed by atoms with Gasteiger partial charge in [-0.1, -0.05) is 11.6 Å². The Morgan fingerprint density at radius 1 is 1.30 bits per heavy atom. The zero-order valence-corrected chi connectivity index (χ0v) is 13.1. The third-order valence-corrected chi connectivity index (χ3v) is 4.60. The lowest BCUT2D eigenvalue weighted by Crippen LogP contribution is -2.35. The second-order valence-corrected chi connectivity index (χ2v) is 6.16. The van der Waals surface area contributed by atoms with Gasteiger partial charge in [0.15, 0.2) is 0 Å². The van der Waals surface area contributed by atoms with Crippen LogP contribution in [-0.4, -0.2) is 36.8 Å². The van der Waals surface area contributed by atoms with E-state index in [1.807, 2.05) is 18.2 Å². The number of ether oxygens (including phenoxy) is 1. The molecule has 0 bridgehead atoms. The molecule has 1 aromatic rings. The molecule has 1 aliphatic rings. The number of benzene rings is 1. The molecule has 1 saturated carbocycles. The standard InChI is InChI=1S/C16H24ClNO2/c1-18(15-6-3-12(11-19)4-7-15)10-13-9-14(17)5-8-16(13)20-2/h5,8-9,12,15,19H,3-4,6-7,10-11H2,1-2H3. The van der Waals surface area contributed by atoms with Gasteiger partial charge in [-0.15, -0.1) is 0 Å². The van der Waals surface area contributed by atoms with Crippen LogP contribution in [0.1, 0.15) is 31.2 Å². The molecule has 20 heavy (non-hydrogen) atoms. The molecule has 2 rings (SSSR count). The molecule has 1 N–H and O–H groups in total. The minimum Gasteiger partial charge on any atom is -0.496 e. The molecule has 112 valence electrons. The van der Waals surface area contributed by atoms with Gasteiger partial charge in [0.25, 0.3) is 0 Å². The second-order valence-electron chi connectivity index (χ2n) is 5.73. The van der Waals surface area contributed by atoms with Crippen molar-refractivity contribution in [1.29, 1.82) is 0 Å². The van der Waals surface area contributed by atoms with E-state index in [0.29, 0.717) is 18.6 Å². The summed E-state index contributed by atoms with van der Waals surface area (Å²) in [6.07, 6.45) is 4.56. The predicted molar refractivity (Wildman–Crippen MR) is 82.3 cm³/mol. The molecular weight excluding hydrogens is 274 g/mol. The summed E-state index contributed by atoms with van der Waals surface area (Å²) in [5.74, 6) is 1.39. The average molecular weight is 298 g/mol. The van der Waals surface area contributed by atoms with E-state index in [4.69, 9.17) is 16.3 Å². The van der Waals surface area contributed by atoms with Gasteiger partial charge < -0.3 is 9.84 Å². The highest BCUT2D eigenvalue weighted by molar-refractivity contribution is 6.30. The first-order valence-corrected chi connectivity index (χ1v) is 7.65. The molecule has 0 radical (unpaired) electrons. The highest BCUT2D eigenvalue weighted by Crippen LogP contribution is 2.29. The van der Waals surface area contributed by atoms with Crippen LogP contribution >= 0.6 is 11.6 Å². The number of aliphatic hydroxyl groups excluding tert-OH is 1. The Bertz CT molecular complexity index is 430. The smallest absolute Gasteiger partial charge is 0.123 e. The molecule has 0 spiro atoms. The van der Waals surface area contributed by atoms with Crippen molar-refractivity contribution in [3.63, 3.8) is 0 Å². The van der Waals surface area contributed by atoms with Gasteiger partial charge in [0.05, 0.1) is 7.11 Å². The van der Waals surface area contributed by atoms with Crippen molar-refractivity contribution >= 4 is 11.6 Å². The van der Waals surface area contributed by atoms with Crippen LogP contribution in [-0.2, 0) is 6.54 Å². The number of halogens is 1. The molecule has 1 aromatic carbocycles. The van der Waals surface area contributed by atoms with E-state index in [2.05, 4.69) is 11.9 Å². The molecule has 0 aliphatic heterocycles. The first-order chi connectivity index (χ1) is 9.63. The Morgan fingerprint density at radius 2 is 2.00 bits per heavy atom. The van der Waals surface area contributed by atoms with Crippen LogP contribution in [0.25, 0.3) is 0 Å². The summed E-state index contributed by atoms with van der Waals surface area (Å²) in [5.41, 5.74) is 1.13. The summed E-state index contributed by atoms with van der Waals surface area (Å²) >= 11 is 6.08. The van der Waals surface area contributed by atoms with Gasteiger partial charge in [-0.2, -0.15) is 0 Å². The molecule has 0 aromatic heterocycles. The summed E-state index contributed by atoms with van der Waals surface area (Å²) in [6.45, 7) is 1.18. The van der Waals surface area contributed by atoms with Crippen molar-refractivity contribution in [1.82, 2.24) is 4.90 Å². The van der Waals surface area contributed by atoms with E-state index < -0.39 is 0 Å². The fraction of sp³-hybridized carbons (Fsp3) is 0.625. The molecule has 3 nitrogen and oxygen atoms in total. The summed E-state index contributed by atoms with van der Waals surface area (Å²) in [7, 11) is 3.85. The lowest BCUT2D eigenvalue weighted by Gasteiger charge is -2.34. The zero-order chi connectivity index (χ0) is 14.5. The number of hydrogen-bond acceptors (Lipinski definition) is 3. The van der Waals surface area contributed by atoms with Gasteiger partial charge in [-0.3, -0.25) is 4.90 Å². The number of aliphatic hydroxyl groups is 1. The lowest BCUT2D eigenvalue weighted by atomic mass is 9.86. The van der Waals surface area contributed by atoms with Crippen LogP contribution in [0, 0.1) is 5.92 Å². The van der Waals surface area contributed by atoms with Crippen LogP contribution in [0.2, 0.25) is 5.02 Å². The molecule has 1 fully saturated rings. The summed E-state index contributed by atoms with van der Waals surface area (Å²) in [6, 6.07) is 6.35. The lowest BCUT2D eigenvalue weighted by molar-refractivity contribution is 0.123. The van der Waals surface area contributed by atoms with Crippen LogP contribution in [0.5, 0.6) is 5.75 Å². The number of nitrogens with zero attached hydrogens (tertiary/aromatic N) is 1.